The molecule has 0 bridgehead atoms. The number of amides is 1. The molecule has 1 aromatic heterocycles. The van der Waals surface area contributed by atoms with Gasteiger partial charge in [-0.25, -0.2) is 4.39 Å². The Hall–Kier alpha value is -3.22. The van der Waals surface area contributed by atoms with Gasteiger partial charge in [0.25, 0.3) is 5.89 Å². The second kappa shape index (κ2) is 5.66. The van der Waals surface area contributed by atoms with Crippen LogP contribution in [0.5, 0.6) is 5.75 Å². The highest BCUT2D eigenvalue weighted by atomic mass is 19.1. The number of ether oxygens (including phenoxy) is 1. The minimum Gasteiger partial charge on any atom is -0.489 e. The van der Waals surface area contributed by atoms with Gasteiger partial charge in [0.15, 0.2) is 5.82 Å². The average Bonchev–Trinajstić information content (AvgIpc) is 3.01. The third-order valence-electron chi connectivity index (χ3n) is 4.76. The molecular formula is C19H14FN3O3. The van der Waals surface area contributed by atoms with E-state index >= 15 is 0 Å². The predicted molar refractivity (Wildman–Crippen MR) is 88.6 cm³/mol. The van der Waals surface area contributed by atoms with E-state index in [1.165, 1.54) is 12.1 Å². The third kappa shape index (κ3) is 2.44. The van der Waals surface area contributed by atoms with E-state index in [-0.39, 0.29) is 36.2 Å². The van der Waals surface area contributed by atoms with Crippen molar-refractivity contribution in [1.29, 1.82) is 0 Å². The lowest BCUT2D eigenvalue weighted by molar-refractivity contribution is -0.123. The number of fused-ring (bicyclic) bond motifs is 3. The number of carbonyl (C=O) groups is 1. The van der Waals surface area contributed by atoms with Crippen molar-refractivity contribution in [1.82, 2.24) is 15.5 Å². The van der Waals surface area contributed by atoms with Crippen molar-refractivity contribution >= 4 is 5.91 Å². The number of nitrogens with zero attached hydrogens (tertiary/aromatic N) is 2. The highest BCUT2D eigenvalue weighted by Gasteiger charge is 2.62. The molecule has 26 heavy (non-hydrogen) atoms. The van der Waals surface area contributed by atoms with Crippen LogP contribution in [0.25, 0.3) is 11.5 Å². The molecule has 1 saturated carbocycles. The van der Waals surface area contributed by atoms with Crippen LogP contribution in [0.2, 0.25) is 0 Å². The maximum Gasteiger partial charge on any atom is 0.257 e. The Balaban J connectivity index is 1.23. The van der Waals surface area contributed by atoms with Crippen molar-refractivity contribution in [3.8, 4) is 17.2 Å². The number of rotatable bonds is 4. The van der Waals surface area contributed by atoms with Gasteiger partial charge in [0.1, 0.15) is 17.7 Å². The number of nitrogens with one attached hydrogen (secondary N) is 1. The standard InChI is InChI=1S/C19H14FN3O3/c20-11-6-7-13-12(8-11)15-16(17(15)25-13)18(24)21-9-14-22-19(26-23-14)10-4-2-1-3-5-10/h1-8,15-17H,9H2,(H,21,24). The molecule has 0 radical (unpaired) electrons. The lowest BCUT2D eigenvalue weighted by Gasteiger charge is -2.08. The first-order chi connectivity index (χ1) is 12.7. The maximum absolute atomic E-state index is 13.4. The van der Waals surface area contributed by atoms with Crippen molar-refractivity contribution in [2.75, 3.05) is 0 Å². The Labute approximate surface area is 148 Å². The zero-order valence-electron chi connectivity index (χ0n) is 13.6. The smallest absolute Gasteiger partial charge is 0.257 e. The van der Waals surface area contributed by atoms with Crippen LogP contribution in [0.3, 0.4) is 0 Å². The van der Waals surface area contributed by atoms with Crippen molar-refractivity contribution in [3.05, 3.63) is 65.7 Å². The predicted octanol–water partition coefficient (Wildman–Crippen LogP) is 2.67. The number of hydrogen-bond donors (Lipinski definition) is 1. The molecule has 3 unspecified atom stereocenters. The first-order valence-corrected chi connectivity index (χ1v) is 8.32. The highest BCUT2D eigenvalue weighted by Crippen LogP contribution is 2.58. The van der Waals surface area contributed by atoms with Crippen LogP contribution in [0.4, 0.5) is 4.39 Å². The number of aromatic nitrogens is 2. The maximum atomic E-state index is 13.4. The Kier molecular flexibility index (Phi) is 3.28. The molecule has 1 N–H and O–H groups in total. The lowest BCUT2D eigenvalue weighted by Crippen LogP contribution is -2.27. The monoisotopic (exact) mass is 351 g/mol. The van der Waals surface area contributed by atoms with E-state index in [9.17, 15) is 9.18 Å². The van der Waals surface area contributed by atoms with Gasteiger partial charge in [-0.3, -0.25) is 4.79 Å². The fourth-order valence-electron chi connectivity index (χ4n) is 3.45. The molecule has 1 fully saturated rings. The minimum absolute atomic E-state index is 0.0779. The first kappa shape index (κ1) is 15.1. The van der Waals surface area contributed by atoms with Crippen molar-refractivity contribution in [3.63, 3.8) is 0 Å². The number of benzene rings is 2. The summed E-state index contributed by atoms with van der Waals surface area (Å²) in [5.74, 6) is 0.619. The summed E-state index contributed by atoms with van der Waals surface area (Å²) in [4.78, 5) is 16.7. The van der Waals surface area contributed by atoms with Crippen molar-refractivity contribution in [2.45, 2.75) is 18.6 Å². The second-order valence-electron chi connectivity index (χ2n) is 6.42. The van der Waals surface area contributed by atoms with Crippen LogP contribution in [-0.2, 0) is 11.3 Å². The van der Waals surface area contributed by atoms with E-state index in [0.29, 0.717) is 17.5 Å². The number of carbonyl (C=O) groups excluding carboxylic acids is 1. The fraction of sp³-hybridized carbons (Fsp3) is 0.211. The largest absolute Gasteiger partial charge is 0.489 e. The van der Waals surface area contributed by atoms with Gasteiger partial charge in [0.05, 0.1) is 12.5 Å². The molecule has 6 nitrogen and oxygen atoms in total. The van der Waals surface area contributed by atoms with Gasteiger partial charge in [-0.1, -0.05) is 23.4 Å². The zero-order valence-corrected chi connectivity index (χ0v) is 13.6. The summed E-state index contributed by atoms with van der Waals surface area (Å²) in [7, 11) is 0. The minimum atomic E-state index is -0.320. The van der Waals surface area contributed by atoms with Crippen LogP contribution in [0.1, 0.15) is 17.3 Å². The lowest BCUT2D eigenvalue weighted by atomic mass is 10.1. The van der Waals surface area contributed by atoms with E-state index in [0.717, 1.165) is 11.1 Å². The van der Waals surface area contributed by atoms with Crippen molar-refractivity contribution in [2.24, 2.45) is 5.92 Å². The molecule has 130 valence electrons. The average molecular weight is 351 g/mol. The van der Waals surface area contributed by atoms with Crippen LogP contribution in [0, 0.1) is 11.7 Å². The first-order valence-electron chi connectivity index (χ1n) is 8.32. The molecule has 1 amide bonds. The van der Waals surface area contributed by atoms with Gasteiger partial charge in [0.2, 0.25) is 5.91 Å². The van der Waals surface area contributed by atoms with E-state index in [1.54, 1.807) is 6.07 Å². The molecule has 0 saturated heterocycles. The molecule has 1 aliphatic heterocycles. The summed E-state index contributed by atoms with van der Waals surface area (Å²) in [6.07, 6.45) is -0.211. The zero-order chi connectivity index (χ0) is 17.7. The summed E-state index contributed by atoms with van der Waals surface area (Å²) in [6, 6.07) is 13.8. The van der Waals surface area contributed by atoms with Gasteiger partial charge in [-0.15, -0.1) is 0 Å². The van der Waals surface area contributed by atoms with Gasteiger partial charge < -0.3 is 14.6 Å². The summed E-state index contributed by atoms with van der Waals surface area (Å²) >= 11 is 0. The van der Waals surface area contributed by atoms with Gasteiger partial charge in [-0.2, -0.15) is 4.98 Å². The second-order valence-corrected chi connectivity index (χ2v) is 6.42. The number of halogens is 1. The van der Waals surface area contributed by atoms with E-state index in [2.05, 4.69) is 15.5 Å². The molecule has 7 heteroatoms. The molecule has 2 aromatic carbocycles. The molecule has 3 atom stereocenters. The van der Waals surface area contributed by atoms with E-state index in [1.807, 2.05) is 30.3 Å². The molecule has 5 rings (SSSR count). The molecule has 2 heterocycles. The van der Waals surface area contributed by atoms with Gasteiger partial charge in [-0.05, 0) is 30.3 Å². The molecule has 1 aliphatic carbocycles. The molecule has 0 spiro atoms. The third-order valence-corrected chi connectivity index (χ3v) is 4.76. The van der Waals surface area contributed by atoms with Crippen LogP contribution in [-0.4, -0.2) is 22.2 Å². The number of hydrogen-bond acceptors (Lipinski definition) is 5. The van der Waals surface area contributed by atoms with Gasteiger partial charge in [0, 0.05) is 17.0 Å². The Morgan fingerprint density at radius 1 is 1.19 bits per heavy atom. The van der Waals surface area contributed by atoms with E-state index < -0.39 is 0 Å². The summed E-state index contributed by atoms with van der Waals surface area (Å²) in [5, 5.41) is 6.68. The highest BCUT2D eigenvalue weighted by molar-refractivity contribution is 5.85. The quantitative estimate of drug-likeness (QED) is 0.782. The van der Waals surface area contributed by atoms with Crippen LogP contribution < -0.4 is 10.1 Å². The SMILES string of the molecule is O=C(NCc1noc(-c2ccccc2)n1)C1C2Oc3ccc(F)cc3C21. The van der Waals surface area contributed by atoms with Gasteiger partial charge >= 0.3 is 0 Å². The molecular weight excluding hydrogens is 337 g/mol. The molecule has 3 aromatic rings. The topological polar surface area (TPSA) is 77.3 Å². The van der Waals surface area contributed by atoms with E-state index in [4.69, 9.17) is 9.26 Å². The Morgan fingerprint density at radius 2 is 2.04 bits per heavy atom. The van der Waals surface area contributed by atoms with Crippen LogP contribution >= 0.6 is 0 Å². The van der Waals surface area contributed by atoms with Crippen molar-refractivity contribution < 1.29 is 18.4 Å². The summed E-state index contributed by atoms with van der Waals surface area (Å²) < 4.78 is 24.3. The fourth-order valence-corrected chi connectivity index (χ4v) is 3.45. The Bertz CT molecular complexity index is 989. The normalized spacial score (nSPS) is 22.3. The molecule has 2 aliphatic rings. The van der Waals surface area contributed by atoms with Crippen LogP contribution in [0.15, 0.2) is 53.1 Å². The summed E-state index contributed by atoms with van der Waals surface area (Å²) in [5.41, 5.74) is 1.59. The summed E-state index contributed by atoms with van der Waals surface area (Å²) in [6.45, 7) is 0.168. The Morgan fingerprint density at radius 3 is 2.88 bits per heavy atom.